The summed E-state index contributed by atoms with van der Waals surface area (Å²) in [6.45, 7) is 8.66. The van der Waals surface area contributed by atoms with Crippen molar-refractivity contribution in [3.8, 4) is 5.75 Å². The summed E-state index contributed by atoms with van der Waals surface area (Å²) < 4.78 is 11.4. The zero-order valence-corrected chi connectivity index (χ0v) is 18.0. The Balaban J connectivity index is 1.32. The Hall–Kier alpha value is -2.83. The van der Waals surface area contributed by atoms with E-state index in [4.69, 9.17) is 9.47 Å². The molecule has 7 heteroatoms. The molecule has 0 radical (unpaired) electrons. The van der Waals surface area contributed by atoms with Crippen LogP contribution in [0.2, 0.25) is 0 Å². The molecule has 3 heterocycles. The molecule has 2 atom stereocenters. The summed E-state index contributed by atoms with van der Waals surface area (Å²) in [6.07, 6.45) is 5.16. The van der Waals surface area contributed by atoms with Crippen LogP contribution in [0, 0.1) is 5.92 Å². The third kappa shape index (κ3) is 4.83. The summed E-state index contributed by atoms with van der Waals surface area (Å²) in [5.74, 6) is 1.80. The number of nitrogens with zero attached hydrogens (tertiary/aromatic N) is 4. The zero-order valence-electron chi connectivity index (χ0n) is 18.0. The van der Waals surface area contributed by atoms with Gasteiger partial charge in [0.15, 0.2) is 5.75 Å². The third-order valence-electron chi connectivity index (χ3n) is 5.61. The minimum absolute atomic E-state index is 0.195. The normalized spacial score (nSPS) is 21.3. The molecule has 30 heavy (non-hydrogen) atoms. The highest BCUT2D eigenvalue weighted by Crippen LogP contribution is 2.33. The van der Waals surface area contributed by atoms with Gasteiger partial charge in [0.2, 0.25) is 5.95 Å². The van der Waals surface area contributed by atoms with E-state index >= 15 is 0 Å². The lowest BCUT2D eigenvalue weighted by atomic mass is 9.93. The Kier molecular flexibility index (Phi) is 5.79. The Morgan fingerprint density at radius 3 is 2.53 bits per heavy atom. The van der Waals surface area contributed by atoms with Crippen molar-refractivity contribution < 1.29 is 14.3 Å². The molecular weight excluding hydrogens is 380 g/mol. The van der Waals surface area contributed by atoms with Gasteiger partial charge >= 0.3 is 6.09 Å². The molecule has 4 rings (SSSR count). The van der Waals surface area contributed by atoms with E-state index in [-0.39, 0.29) is 12.1 Å². The van der Waals surface area contributed by atoms with Crippen LogP contribution in [0.4, 0.5) is 10.7 Å². The number of hydrogen-bond acceptors (Lipinski definition) is 6. The number of rotatable bonds is 4. The summed E-state index contributed by atoms with van der Waals surface area (Å²) in [5.41, 5.74) is 0.646. The summed E-state index contributed by atoms with van der Waals surface area (Å²) in [4.78, 5) is 25.7. The number of ether oxygens (including phenoxy) is 2. The predicted molar refractivity (Wildman–Crippen MR) is 114 cm³/mol. The number of anilines is 1. The van der Waals surface area contributed by atoms with Gasteiger partial charge in [-0.25, -0.2) is 14.8 Å². The largest absolute Gasteiger partial charge is 0.486 e. The highest BCUT2D eigenvalue weighted by molar-refractivity contribution is 5.69. The van der Waals surface area contributed by atoms with Crippen molar-refractivity contribution in [1.82, 2.24) is 14.9 Å². The van der Waals surface area contributed by atoms with E-state index in [1.807, 2.05) is 56.0 Å². The first-order valence-electron chi connectivity index (χ1n) is 10.6. The minimum atomic E-state index is -0.464. The van der Waals surface area contributed by atoms with Crippen LogP contribution in [0.1, 0.15) is 39.2 Å². The molecule has 1 aromatic carbocycles. The number of carbonyl (C=O) groups excluding carboxylic acids is 1. The number of fused-ring (bicyclic) bond motifs is 1. The van der Waals surface area contributed by atoms with Crippen molar-refractivity contribution in [2.24, 2.45) is 5.92 Å². The maximum atomic E-state index is 12.5. The van der Waals surface area contributed by atoms with Gasteiger partial charge in [0.1, 0.15) is 12.2 Å². The molecule has 160 valence electrons. The number of hydrogen-bond donors (Lipinski definition) is 0. The average Bonchev–Trinajstić information content (AvgIpc) is 3.16. The number of benzene rings is 1. The molecule has 0 spiro atoms. The van der Waals surface area contributed by atoms with Gasteiger partial charge in [-0.05, 0) is 45.1 Å². The van der Waals surface area contributed by atoms with E-state index in [2.05, 4.69) is 14.9 Å². The van der Waals surface area contributed by atoms with Gasteiger partial charge in [-0.15, -0.1) is 0 Å². The fourth-order valence-corrected chi connectivity index (χ4v) is 4.20. The number of amides is 1. The molecule has 2 unspecified atom stereocenters. The van der Waals surface area contributed by atoms with Crippen LogP contribution in [0.25, 0.3) is 0 Å². The minimum Gasteiger partial charge on any atom is -0.486 e. The van der Waals surface area contributed by atoms with Crippen LogP contribution >= 0.6 is 0 Å². The van der Waals surface area contributed by atoms with Gasteiger partial charge in [-0.3, -0.25) is 0 Å². The molecule has 0 bridgehead atoms. The Bertz CT molecular complexity index is 851. The van der Waals surface area contributed by atoms with Crippen molar-refractivity contribution in [3.05, 3.63) is 48.3 Å². The number of likely N-dealkylation sites (tertiary alicyclic amines) is 1. The van der Waals surface area contributed by atoms with Crippen LogP contribution < -0.4 is 9.64 Å². The Morgan fingerprint density at radius 1 is 1.10 bits per heavy atom. The van der Waals surface area contributed by atoms with Crippen molar-refractivity contribution >= 4 is 12.0 Å². The maximum absolute atomic E-state index is 12.5. The van der Waals surface area contributed by atoms with Gasteiger partial charge in [0.25, 0.3) is 0 Å². The number of carbonyl (C=O) groups is 1. The van der Waals surface area contributed by atoms with Crippen molar-refractivity contribution in [2.45, 2.75) is 51.9 Å². The highest BCUT2D eigenvalue weighted by Gasteiger charge is 2.42. The summed E-state index contributed by atoms with van der Waals surface area (Å²) in [6, 6.07) is 10.3. The molecule has 2 saturated heterocycles. The Morgan fingerprint density at radius 2 is 1.83 bits per heavy atom. The second-order valence-electron chi connectivity index (χ2n) is 9.02. The first-order chi connectivity index (χ1) is 14.4. The van der Waals surface area contributed by atoms with Crippen molar-refractivity contribution in [2.75, 3.05) is 24.5 Å². The highest BCUT2D eigenvalue weighted by atomic mass is 16.6. The fourth-order valence-electron chi connectivity index (χ4n) is 4.20. The predicted octanol–water partition coefficient (Wildman–Crippen LogP) is 3.89. The van der Waals surface area contributed by atoms with E-state index in [0.717, 1.165) is 44.0 Å². The molecule has 0 aliphatic carbocycles. The average molecular weight is 411 g/mol. The quantitative estimate of drug-likeness (QED) is 0.762. The molecule has 1 amide bonds. The van der Waals surface area contributed by atoms with Crippen LogP contribution in [0.15, 0.2) is 42.7 Å². The Labute approximate surface area is 178 Å². The lowest BCUT2D eigenvalue weighted by molar-refractivity contribution is 0.0194. The number of aromatic nitrogens is 2. The van der Waals surface area contributed by atoms with E-state index < -0.39 is 5.60 Å². The second-order valence-corrected chi connectivity index (χ2v) is 9.02. The third-order valence-corrected chi connectivity index (χ3v) is 5.61. The van der Waals surface area contributed by atoms with Gasteiger partial charge in [-0.1, -0.05) is 30.3 Å². The smallest absolute Gasteiger partial charge is 0.410 e. The molecule has 2 fully saturated rings. The molecular formula is C23H30N4O3. The molecule has 2 aliphatic rings. The molecule has 0 N–H and O–H groups in total. The van der Waals surface area contributed by atoms with E-state index in [0.29, 0.717) is 18.3 Å². The molecule has 2 aromatic rings. The topological polar surface area (TPSA) is 67.8 Å². The lowest BCUT2D eigenvalue weighted by Gasteiger charge is -2.38. The molecule has 2 aliphatic heterocycles. The van der Waals surface area contributed by atoms with E-state index in [9.17, 15) is 4.79 Å². The van der Waals surface area contributed by atoms with Gasteiger partial charge in [-0.2, -0.15) is 0 Å². The van der Waals surface area contributed by atoms with Gasteiger partial charge in [0.05, 0.1) is 12.4 Å². The standard InChI is InChI=1S/C23H30N4O3/c1-23(2,3)30-22(28)27-12-9-18-15-26(11-10-20(18)27)21-24-13-19(14-25-21)29-16-17-7-5-4-6-8-17/h4-8,13-14,18,20H,9-12,15-16H2,1-3H3. The van der Waals surface area contributed by atoms with E-state index in [1.54, 1.807) is 12.4 Å². The first-order valence-corrected chi connectivity index (χ1v) is 10.6. The van der Waals surface area contributed by atoms with Crippen LogP contribution in [0.3, 0.4) is 0 Å². The van der Waals surface area contributed by atoms with Crippen molar-refractivity contribution in [3.63, 3.8) is 0 Å². The van der Waals surface area contributed by atoms with Gasteiger partial charge < -0.3 is 19.3 Å². The van der Waals surface area contributed by atoms with Crippen LogP contribution in [0.5, 0.6) is 5.75 Å². The van der Waals surface area contributed by atoms with Crippen LogP contribution in [-0.4, -0.2) is 52.2 Å². The molecule has 0 saturated carbocycles. The fraction of sp³-hybridized carbons (Fsp3) is 0.522. The lowest BCUT2D eigenvalue weighted by Crippen LogP contribution is -2.49. The zero-order chi connectivity index (χ0) is 21.1. The van der Waals surface area contributed by atoms with Gasteiger partial charge in [0, 0.05) is 25.7 Å². The first kappa shape index (κ1) is 20.4. The second kappa shape index (κ2) is 8.50. The van der Waals surface area contributed by atoms with Crippen LogP contribution in [-0.2, 0) is 11.3 Å². The number of piperidine rings is 1. The molecule has 7 nitrogen and oxygen atoms in total. The maximum Gasteiger partial charge on any atom is 0.410 e. The van der Waals surface area contributed by atoms with Crippen molar-refractivity contribution in [1.29, 1.82) is 0 Å². The summed E-state index contributed by atoms with van der Waals surface area (Å²) >= 11 is 0. The summed E-state index contributed by atoms with van der Waals surface area (Å²) in [7, 11) is 0. The SMILES string of the molecule is CC(C)(C)OC(=O)N1CCC2CN(c3ncc(OCc4ccccc4)cn3)CCC21. The monoisotopic (exact) mass is 410 g/mol. The molecule has 1 aromatic heterocycles. The van der Waals surface area contributed by atoms with E-state index in [1.165, 1.54) is 0 Å². The summed E-state index contributed by atoms with van der Waals surface area (Å²) in [5, 5.41) is 0.